The van der Waals surface area contributed by atoms with E-state index in [-0.39, 0.29) is 10.9 Å². The molecular formula is C12H8ClF2NO. The van der Waals surface area contributed by atoms with E-state index in [0.717, 1.165) is 0 Å². The van der Waals surface area contributed by atoms with Gasteiger partial charge in [-0.2, -0.15) is 0 Å². The lowest BCUT2D eigenvalue weighted by Crippen LogP contribution is -1.94. The number of halogens is 3. The van der Waals surface area contributed by atoms with Crippen molar-refractivity contribution in [3.05, 3.63) is 52.8 Å². The van der Waals surface area contributed by atoms with Crippen LogP contribution in [0, 0.1) is 18.6 Å². The van der Waals surface area contributed by atoms with E-state index in [9.17, 15) is 8.78 Å². The van der Waals surface area contributed by atoms with Crippen molar-refractivity contribution in [3.63, 3.8) is 0 Å². The van der Waals surface area contributed by atoms with Crippen molar-refractivity contribution in [3.8, 4) is 11.5 Å². The lowest BCUT2D eigenvalue weighted by molar-refractivity contribution is 0.406. The quantitative estimate of drug-likeness (QED) is 0.754. The molecule has 0 aliphatic heterocycles. The largest absolute Gasteiger partial charge is 0.451 e. The van der Waals surface area contributed by atoms with Crippen LogP contribution in [0.25, 0.3) is 0 Å². The van der Waals surface area contributed by atoms with Gasteiger partial charge >= 0.3 is 0 Å². The predicted molar refractivity (Wildman–Crippen MR) is 60.4 cm³/mol. The van der Waals surface area contributed by atoms with Crippen LogP contribution in [0.2, 0.25) is 5.15 Å². The van der Waals surface area contributed by atoms with Gasteiger partial charge in [-0.25, -0.2) is 13.8 Å². The molecule has 0 saturated heterocycles. The molecule has 0 aliphatic rings. The van der Waals surface area contributed by atoms with Crippen LogP contribution in [0.15, 0.2) is 30.5 Å². The molecule has 0 N–H and O–H groups in total. The van der Waals surface area contributed by atoms with E-state index in [2.05, 4.69) is 4.98 Å². The first-order valence-corrected chi connectivity index (χ1v) is 5.19. The van der Waals surface area contributed by atoms with Crippen molar-refractivity contribution in [2.45, 2.75) is 6.92 Å². The molecular weight excluding hydrogens is 248 g/mol. The molecule has 0 amide bonds. The molecule has 0 radical (unpaired) electrons. The molecule has 0 atom stereocenters. The van der Waals surface area contributed by atoms with E-state index in [1.807, 2.05) is 0 Å². The van der Waals surface area contributed by atoms with E-state index in [4.69, 9.17) is 16.3 Å². The first-order chi connectivity index (χ1) is 8.06. The second-order valence-electron chi connectivity index (χ2n) is 3.47. The number of pyridine rings is 1. The zero-order chi connectivity index (χ0) is 12.4. The number of aromatic nitrogens is 1. The van der Waals surface area contributed by atoms with Gasteiger partial charge in [-0.05, 0) is 30.7 Å². The molecule has 2 rings (SSSR count). The Morgan fingerprint density at radius 2 is 1.82 bits per heavy atom. The van der Waals surface area contributed by atoms with Gasteiger partial charge in [-0.3, -0.25) is 0 Å². The second-order valence-corrected chi connectivity index (χ2v) is 3.86. The summed E-state index contributed by atoms with van der Waals surface area (Å²) in [6.45, 7) is 1.60. The molecule has 1 heterocycles. The monoisotopic (exact) mass is 255 g/mol. The fourth-order valence-electron chi connectivity index (χ4n) is 1.35. The van der Waals surface area contributed by atoms with Crippen LogP contribution in [0.1, 0.15) is 5.56 Å². The van der Waals surface area contributed by atoms with Crippen molar-refractivity contribution in [2.75, 3.05) is 0 Å². The Hall–Kier alpha value is -1.68. The molecule has 0 aliphatic carbocycles. The van der Waals surface area contributed by atoms with Gasteiger partial charge in [0.05, 0.1) is 0 Å². The van der Waals surface area contributed by atoms with Gasteiger partial charge in [0, 0.05) is 12.3 Å². The van der Waals surface area contributed by atoms with Gasteiger partial charge in [-0.15, -0.1) is 0 Å². The summed E-state index contributed by atoms with van der Waals surface area (Å²) in [5.74, 6) is -1.73. The topological polar surface area (TPSA) is 22.1 Å². The van der Waals surface area contributed by atoms with E-state index >= 15 is 0 Å². The van der Waals surface area contributed by atoms with Crippen LogP contribution >= 0.6 is 11.6 Å². The summed E-state index contributed by atoms with van der Waals surface area (Å²) in [5, 5.41) is 0.190. The highest BCUT2D eigenvalue weighted by Crippen LogP contribution is 2.29. The summed E-state index contributed by atoms with van der Waals surface area (Å²) in [7, 11) is 0. The van der Waals surface area contributed by atoms with E-state index < -0.39 is 17.4 Å². The average molecular weight is 256 g/mol. The number of rotatable bonds is 2. The number of hydrogen-bond acceptors (Lipinski definition) is 2. The lowest BCUT2D eigenvalue weighted by atomic mass is 10.2. The molecule has 2 aromatic rings. The standard InChI is InChI=1S/C12H8ClF2NO/c1-7-4-9(14)12(10(15)5-7)17-8-2-3-16-11(13)6-8/h2-6H,1H3. The average Bonchev–Trinajstić information content (AvgIpc) is 2.23. The third-order valence-corrected chi connectivity index (χ3v) is 2.27. The highest BCUT2D eigenvalue weighted by Gasteiger charge is 2.12. The number of aryl methyl sites for hydroxylation is 1. The summed E-state index contributed by atoms with van der Waals surface area (Å²) in [6.07, 6.45) is 1.39. The number of benzene rings is 1. The number of hydrogen-bond donors (Lipinski definition) is 0. The minimum absolute atomic E-state index is 0.190. The fraction of sp³-hybridized carbons (Fsp3) is 0.0833. The molecule has 0 saturated carbocycles. The van der Waals surface area contributed by atoms with E-state index in [1.54, 1.807) is 6.92 Å². The first-order valence-electron chi connectivity index (χ1n) is 4.81. The summed E-state index contributed by atoms with van der Waals surface area (Å²) in [5.41, 5.74) is 0.486. The first kappa shape index (κ1) is 11.8. The van der Waals surface area contributed by atoms with Crippen LogP contribution in [0.3, 0.4) is 0 Å². The SMILES string of the molecule is Cc1cc(F)c(Oc2ccnc(Cl)c2)c(F)c1. The van der Waals surface area contributed by atoms with Crippen molar-refractivity contribution < 1.29 is 13.5 Å². The van der Waals surface area contributed by atoms with Gasteiger partial charge in [0.15, 0.2) is 17.4 Å². The third kappa shape index (κ3) is 2.71. The Labute approximate surface area is 102 Å². The molecule has 0 bridgehead atoms. The van der Waals surface area contributed by atoms with Crippen molar-refractivity contribution in [1.29, 1.82) is 0 Å². The summed E-state index contributed by atoms with van der Waals surface area (Å²) in [4.78, 5) is 3.74. The molecule has 88 valence electrons. The Bertz CT molecular complexity index is 537. The minimum Gasteiger partial charge on any atom is -0.451 e. The van der Waals surface area contributed by atoms with Crippen molar-refractivity contribution >= 4 is 11.6 Å². The van der Waals surface area contributed by atoms with Gasteiger partial charge in [0.25, 0.3) is 0 Å². The third-order valence-electron chi connectivity index (χ3n) is 2.06. The van der Waals surface area contributed by atoms with Gasteiger partial charge in [0.1, 0.15) is 10.9 Å². The Balaban J connectivity index is 2.36. The van der Waals surface area contributed by atoms with Crippen LogP contribution in [-0.2, 0) is 0 Å². The van der Waals surface area contributed by atoms with Crippen LogP contribution in [-0.4, -0.2) is 4.98 Å². The van der Waals surface area contributed by atoms with Gasteiger partial charge in [0.2, 0.25) is 0 Å². The number of ether oxygens (including phenoxy) is 1. The zero-order valence-corrected chi connectivity index (χ0v) is 9.63. The molecule has 1 aromatic heterocycles. The zero-order valence-electron chi connectivity index (χ0n) is 8.88. The van der Waals surface area contributed by atoms with Crippen LogP contribution < -0.4 is 4.74 Å². The molecule has 5 heteroatoms. The molecule has 0 unspecified atom stereocenters. The fourth-order valence-corrected chi connectivity index (χ4v) is 1.51. The molecule has 0 spiro atoms. The minimum atomic E-state index is -0.754. The highest BCUT2D eigenvalue weighted by molar-refractivity contribution is 6.29. The number of nitrogens with zero attached hydrogens (tertiary/aromatic N) is 1. The van der Waals surface area contributed by atoms with E-state index in [0.29, 0.717) is 5.56 Å². The second kappa shape index (κ2) is 4.67. The maximum atomic E-state index is 13.5. The van der Waals surface area contributed by atoms with Crippen molar-refractivity contribution in [2.24, 2.45) is 0 Å². The van der Waals surface area contributed by atoms with E-state index in [1.165, 1.54) is 30.5 Å². The molecule has 17 heavy (non-hydrogen) atoms. The normalized spacial score (nSPS) is 10.4. The summed E-state index contributed by atoms with van der Waals surface area (Å²) in [6, 6.07) is 5.23. The highest BCUT2D eigenvalue weighted by atomic mass is 35.5. The lowest BCUT2D eigenvalue weighted by Gasteiger charge is -2.08. The molecule has 0 fully saturated rings. The van der Waals surface area contributed by atoms with Crippen LogP contribution in [0.4, 0.5) is 8.78 Å². The summed E-state index contributed by atoms with van der Waals surface area (Å²) < 4.78 is 32.1. The maximum absolute atomic E-state index is 13.5. The van der Waals surface area contributed by atoms with Gasteiger partial charge < -0.3 is 4.74 Å². The smallest absolute Gasteiger partial charge is 0.198 e. The van der Waals surface area contributed by atoms with Crippen molar-refractivity contribution in [1.82, 2.24) is 4.98 Å². The Morgan fingerprint density at radius 1 is 1.18 bits per heavy atom. The van der Waals surface area contributed by atoms with Crippen LogP contribution in [0.5, 0.6) is 11.5 Å². The van der Waals surface area contributed by atoms with Gasteiger partial charge in [-0.1, -0.05) is 11.6 Å². The Kier molecular flexibility index (Phi) is 3.24. The Morgan fingerprint density at radius 3 is 2.41 bits per heavy atom. The summed E-state index contributed by atoms with van der Waals surface area (Å²) >= 11 is 5.64. The molecule has 1 aromatic carbocycles. The maximum Gasteiger partial charge on any atom is 0.198 e. The predicted octanol–water partition coefficient (Wildman–Crippen LogP) is 4.11. The molecule has 2 nitrogen and oxygen atoms in total.